The van der Waals surface area contributed by atoms with Crippen molar-refractivity contribution < 1.29 is 19.5 Å². The maximum absolute atomic E-state index is 12.2. The Hall–Kier alpha value is -2.37. The van der Waals surface area contributed by atoms with Crippen LogP contribution in [0.4, 0.5) is 5.69 Å². The standard InChI is InChI=1S/C18H26N2O4/c1-3-5-6-13(4-2)18(24)20-15-9-7-14(8-10-15)17(23)19-12-11-16(21)22/h7-10,13H,3-6,11-12H2,1-2H3,(H,19,23)(H,20,24)(H,21,22). The zero-order valence-corrected chi connectivity index (χ0v) is 14.3. The van der Waals surface area contributed by atoms with Gasteiger partial charge in [0.1, 0.15) is 0 Å². The number of amides is 2. The van der Waals surface area contributed by atoms with Crippen molar-refractivity contribution in [2.45, 2.75) is 46.0 Å². The van der Waals surface area contributed by atoms with E-state index in [-0.39, 0.29) is 30.7 Å². The number of nitrogens with one attached hydrogen (secondary N) is 2. The lowest BCUT2D eigenvalue weighted by atomic mass is 9.98. The van der Waals surface area contributed by atoms with Crippen molar-refractivity contribution in [1.82, 2.24) is 5.32 Å². The molecule has 0 aromatic heterocycles. The number of carbonyl (C=O) groups is 3. The van der Waals surface area contributed by atoms with Gasteiger partial charge in [0.05, 0.1) is 6.42 Å². The van der Waals surface area contributed by atoms with E-state index in [2.05, 4.69) is 17.6 Å². The van der Waals surface area contributed by atoms with E-state index in [1.165, 1.54) is 0 Å². The molecule has 1 atom stereocenters. The highest BCUT2D eigenvalue weighted by Crippen LogP contribution is 2.16. The molecule has 0 bridgehead atoms. The molecule has 0 aliphatic heterocycles. The van der Waals surface area contributed by atoms with Crippen LogP contribution in [0, 0.1) is 5.92 Å². The van der Waals surface area contributed by atoms with Crippen molar-refractivity contribution in [3.63, 3.8) is 0 Å². The van der Waals surface area contributed by atoms with Crippen LogP contribution in [0.25, 0.3) is 0 Å². The van der Waals surface area contributed by atoms with Gasteiger partial charge in [0, 0.05) is 23.7 Å². The number of anilines is 1. The van der Waals surface area contributed by atoms with Crippen LogP contribution in [0.2, 0.25) is 0 Å². The second-order valence-electron chi connectivity index (χ2n) is 5.71. The van der Waals surface area contributed by atoms with Crippen LogP contribution < -0.4 is 10.6 Å². The topological polar surface area (TPSA) is 95.5 Å². The van der Waals surface area contributed by atoms with Crippen LogP contribution in [0.3, 0.4) is 0 Å². The first-order valence-corrected chi connectivity index (χ1v) is 8.38. The number of hydrogen-bond acceptors (Lipinski definition) is 3. The normalized spacial score (nSPS) is 11.6. The molecule has 0 radical (unpaired) electrons. The number of benzene rings is 1. The Morgan fingerprint density at radius 1 is 1.12 bits per heavy atom. The number of hydrogen-bond donors (Lipinski definition) is 3. The Balaban J connectivity index is 2.55. The Labute approximate surface area is 142 Å². The number of carboxylic acid groups (broad SMARTS) is 1. The van der Waals surface area contributed by atoms with Gasteiger partial charge in [-0.15, -0.1) is 0 Å². The molecule has 6 nitrogen and oxygen atoms in total. The van der Waals surface area contributed by atoms with Gasteiger partial charge in [-0.25, -0.2) is 0 Å². The second kappa shape index (κ2) is 10.4. The van der Waals surface area contributed by atoms with E-state index in [0.717, 1.165) is 25.7 Å². The molecule has 132 valence electrons. The molecule has 0 aliphatic rings. The summed E-state index contributed by atoms with van der Waals surface area (Å²) >= 11 is 0. The highest BCUT2D eigenvalue weighted by Gasteiger charge is 2.16. The van der Waals surface area contributed by atoms with Crippen molar-refractivity contribution in [3.05, 3.63) is 29.8 Å². The molecular formula is C18H26N2O4. The molecule has 0 heterocycles. The fourth-order valence-electron chi connectivity index (χ4n) is 2.31. The monoisotopic (exact) mass is 334 g/mol. The van der Waals surface area contributed by atoms with Crippen molar-refractivity contribution in [2.75, 3.05) is 11.9 Å². The minimum absolute atomic E-state index is 0.00365. The lowest BCUT2D eigenvalue weighted by Crippen LogP contribution is -2.26. The van der Waals surface area contributed by atoms with Gasteiger partial charge in [-0.2, -0.15) is 0 Å². The first-order valence-electron chi connectivity index (χ1n) is 8.38. The SMILES string of the molecule is CCCCC(CC)C(=O)Nc1ccc(C(=O)NCCC(=O)O)cc1. The summed E-state index contributed by atoms with van der Waals surface area (Å²) in [5.74, 6) is -1.28. The van der Waals surface area contributed by atoms with Crippen LogP contribution in [0.1, 0.15) is 56.3 Å². The molecule has 3 N–H and O–H groups in total. The van der Waals surface area contributed by atoms with Crippen LogP contribution >= 0.6 is 0 Å². The number of unbranched alkanes of at least 4 members (excludes halogenated alkanes) is 1. The van der Waals surface area contributed by atoms with Gasteiger partial charge in [0.15, 0.2) is 0 Å². The molecule has 2 amide bonds. The average Bonchev–Trinajstić information content (AvgIpc) is 2.55. The van der Waals surface area contributed by atoms with Gasteiger partial charge >= 0.3 is 5.97 Å². The zero-order valence-electron chi connectivity index (χ0n) is 14.3. The van der Waals surface area contributed by atoms with E-state index < -0.39 is 5.97 Å². The average molecular weight is 334 g/mol. The summed E-state index contributed by atoms with van der Waals surface area (Å²) in [4.78, 5) is 34.5. The third kappa shape index (κ3) is 6.81. The Morgan fingerprint density at radius 2 is 1.79 bits per heavy atom. The molecule has 0 saturated carbocycles. The Bertz CT molecular complexity index is 555. The molecule has 1 unspecified atom stereocenters. The van der Waals surface area contributed by atoms with E-state index in [0.29, 0.717) is 11.3 Å². The highest BCUT2D eigenvalue weighted by atomic mass is 16.4. The summed E-state index contributed by atoms with van der Waals surface area (Å²) in [6, 6.07) is 6.57. The third-order valence-corrected chi connectivity index (χ3v) is 3.81. The summed E-state index contributed by atoms with van der Waals surface area (Å²) in [6.07, 6.45) is 3.66. The molecule has 1 rings (SSSR count). The summed E-state index contributed by atoms with van der Waals surface area (Å²) in [6.45, 7) is 4.19. The fourth-order valence-corrected chi connectivity index (χ4v) is 2.31. The van der Waals surface area contributed by atoms with Gasteiger partial charge in [-0.05, 0) is 37.1 Å². The minimum Gasteiger partial charge on any atom is -0.481 e. The largest absolute Gasteiger partial charge is 0.481 e. The second-order valence-corrected chi connectivity index (χ2v) is 5.71. The van der Waals surface area contributed by atoms with Crippen molar-refractivity contribution in [3.8, 4) is 0 Å². The molecular weight excluding hydrogens is 308 g/mol. The van der Waals surface area contributed by atoms with Gasteiger partial charge in [-0.3, -0.25) is 14.4 Å². The van der Waals surface area contributed by atoms with Crippen LogP contribution in [-0.2, 0) is 9.59 Å². The first kappa shape index (κ1) is 19.7. The molecule has 6 heteroatoms. The fraction of sp³-hybridized carbons (Fsp3) is 0.500. The van der Waals surface area contributed by atoms with Crippen molar-refractivity contribution in [1.29, 1.82) is 0 Å². The van der Waals surface area contributed by atoms with Crippen molar-refractivity contribution in [2.24, 2.45) is 5.92 Å². The predicted molar refractivity (Wildman–Crippen MR) is 93.0 cm³/mol. The van der Waals surface area contributed by atoms with Crippen LogP contribution in [0.15, 0.2) is 24.3 Å². The van der Waals surface area contributed by atoms with Gasteiger partial charge in [-0.1, -0.05) is 26.7 Å². The molecule has 0 saturated heterocycles. The lowest BCUT2D eigenvalue weighted by molar-refractivity contribution is -0.136. The van der Waals surface area contributed by atoms with Crippen LogP contribution in [0.5, 0.6) is 0 Å². The first-order chi connectivity index (χ1) is 11.5. The minimum atomic E-state index is -0.957. The molecule has 24 heavy (non-hydrogen) atoms. The number of carbonyl (C=O) groups excluding carboxylic acids is 2. The van der Waals surface area contributed by atoms with Gasteiger partial charge < -0.3 is 15.7 Å². The zero-order chi connectivity index (χ0) is 17.9. The summed E-state index contributed by atoms with van der Waals surface area (Å²) in [5, 5.41) is 14.0. The van der Waals surface area contributed by atoms with E-state index in [1.807, 2.05) is 6.92 Å². The third-order valence-electron chi connectivity index (χ3n) is 3.81. The van der Waals surface area contributed by atoms with E-state index in [4.69, 9.17) is 5.11 Å². The molecule has 0 aliphatic carbocycles. The highest BCUT2D eigenvalue weighted by molar-refractivity contribution is 5.96. The summed E-state index contributed by atoms with van der Waals surface area (Å²) < 4.78 is 0. The summed E-state index contributed by atoms with van der Waals surface area (Å²) in [7, 11) is 0. The predicted octanol–water partition coefficient (Wildman–Crippen LogP) is 3.05. The quantitative estimate of drug-likeness (QED) is 0.613. The molecule has 0 spiro atoms. The smallest absolute Gasteiger partial charge is 0.305 e. The number of aliphatic carboxylic acids is 1. The van der Waals surface area contributed by atoms with E-state index >= 15 is 0 Å². The van der Waals surface area contributed by atoms with E-state index in [9.17, 15) is 14.4 Å². The molecule has 1 aromatic rings. The number of rotatable bonds is 10. The van der Waals surface area contributed by atoms with E-state index in [1.54, 1.807) is 24.3 Å². The molecule has 0 fully saturated rings. The maximum Gasteiger partial charge on any atom is 0.305 e. The van der Waals surface area contributed by atoms with Crippen LogP contribution in [-0.4, -0.2) is 29.4 Å². The maximum atomic E-state index is 12.2. The van der Waals surface area contributed by atoms with Crippen molar-refractivity contribution >= 4 is 23.5 Å². The lowest BCUT2D eigenvalue weighted by Gasteiger charge is -2.14. The molecule has 1 aromatic carbocycles. The summed E-state index contributed by atoms with van der Waals surface area (Å²) in [5.41, 5.74) is 1.08. The number of carboxylic acids is 1. The Kier molecular flexibility index (Phi) is 8.54. The Morgan fingerprint density at radius 3 is 2.33 bits per heavy atom. The van der Waals surface area contributed by atoms with Gasteiger partial charge in [0.25, 0.3) is 5.91 Å². The van der Waals surface area contributed by atoms with Gasteiger partial charge in [0.2, 0.25) is 5.91 Å².